The number of hydrogen-bond donors (Lipinski definition) is 6. The third-order valence-electron chi connectivity index (χ3n) is 24.6. The van der Waals surface area contributed by atoms with E-state index in [1.165, 1.54) is 79.0 Å². The Morgan fingerprint density at radius 2 is 0.979 bits per heavy atom. The van der Waals surface area contributed by atoms with Crippen LogP contribution < -0.4 is 68.7 Å². The summed E-state index contributed by atoms with van der Waals surface area (Å²) < 4.78 is 148. The minimum atomic E-state index is -4.40. The predicted molar refractivity (Wildman–Crippen MR) is 551 cm³/mol. The molecule has 16 rings (SSSR count). The zero-order valence-electron chi connectivity index (χ0n) is 82.7. The highest BCUT2D eigenvalue weighted by atomic mass is 35.5. The number of hydrogen-bond acceptors (Lipinski definition) is 29. The number of sulfonamides is 4. The van der Waals surface area contributed by atoms with Crippen molar-refractivity contribution < 1.29 is 76.2 Å². The zero-order valence-corrected chi connectivity index (χ0v) is 87.5. The second-order valence-corrected chi connectivity index (χ2v) is 46.5. The first kappa shape index (κ1) is 108. The minimum Gasteiger partial charge on any atom is -0.497 e. The number of benzene rings is 4. The molecule has 0 aliphatic carbocycles. The van der Waals surface area contributed by atoms with Crippen LogP contribution in [0, 0.1) is 30.5 Å². The van der Waals surface area contributed by atoms with E-state index in [0.717, 1.165) is 61.7 Å². The van der Waals surface area contributed by atoms with Crippen LogP contribution in [-0.4, -0.2) is 159 Å². The van der Waals surface area contributed by atoms with Crippen LogP contribution in [0.25, 0.3) is 22.5 Å². The Labute approximate surface area is 848 Å². The van der Waals surface area contributed by atoms with E-state index in [2.05, 4.69) is 132 Å². The highest BCUT2D eigenvalue weighted by molar-refractivity contribution is 7.91. The lowest BCUT2D eigenvalue weighted by Crippen LogP contribution is -2.57. The fraction of sp³-hybridized carbons (Fsp3) is 0.340. The number of aromatic amines is 1. The van der Waals surface area contributed by atoms with Crippen LogP contribution in [0.1, 0.15) is 188 Å². The summed E-state index contributed by atoms with van der Waals surface area (Å²) in [5.41, 5.74) is 8.99. The Balaban J connectivity index is 0.000000161. The van der Waals surface area contributed by atoms with E-state index in [0.29, 0.717) is 111 Å². The number of H-pyrrole nitrogens is 1. The first-order chi connectivity index (χ1) is 67.6. The smallest absolute Gasteiger partial charge is 0.281 e. The van der Waals surface area contributed by atoms with Gasteiger partial charge in [-0.2, -0.15) is 35.2 Å². The number of amides is 4. The molecule has 7 N–H and O–H groups in total. The number of carbonyl (C=O) groups excluding carboxylic acids is 4. The topological polar surface area (TPSA) is 452 Å². The average molecular weight is 2080 g/mol. The fourth-order valence-electron chi connectivity index (χ4n) is 17.7. The molecule has 3 atom stereocenters. The molecule has 34 nitrogen and oxygen atoms in total. The van der Waals surface area contributed by atoms with E-state index in [1.54, 1.807) is 99.1 Å². The number of rotatable bonds is 26. The normalized spacial score (nSPS) is 16.7. The summed E-state index contributed by atoms with van der Waals surface area (Å²) in [5.74, 6) is 0.811. The van der Waals surface area contributed by atoms with Gasteiger partial charge in [-0.05, 0) is 257 Å². The zero-order chi connectivity index (χ0) is 105. The number of aromatic nitrogens is 8. The molecule has 4 aliphatic heterocycles. The summed E-state index contributed by atoms with van der Waals surface area (Å²) in [5, 5.41) is -0.126. The quantitative estimate of drug-likeness (QED) is 0.0293. The van der Waals surface area contributed by atoms with Crippen LogP contribution in [0.15, 0.2) is 237 Å². The maximum Gasteiger partial charge on any atom is 0.281 e. The predicted octanol–water partition coefficient (Wildman–Crippen LogP) is 17.3. The van der Waals surface area contributed by atoms with Gasteiger partial charge in [0.2, 0.25) is 11.8 Å². The summed E-state index contributed by atoms with van der Waals surface area (Å²) in [6, 6.07) is 52.3. The van der Waals surface area contributed by atoms with Crippen molar-refractivity contribution in [2.24, 2.45) is 17.8 Å². The molecule has 12 heterocycles. The van der Waals surface area contributed by atoms with E-state index in [-0.39, 0.29) is 89.1 Å². The van der Waals surface area contributed by atoms with Crippen LogP contribution in [-0.2, 0) is 52.1 Å². The highest BCUT2D eigenvalue weighted by Crippen LogP contribution is 2.44. The standard InChI is InChI=1S/C29H36N4O4S.C25H26Cl2N4O4S.C25H28N4O5S.C24H26FN5O4S/c1-19-17-29(6,7)33(18-19)26-23(15-14-20(2)30-26)27(34)32-38(35,36)25-13-9-12-24(31-25)37-22-11-8-10-21(16-22)28(3,4)5;1-16-13-25(2,3)31(14-16)23-19(6-5-11-28-23)24(32)30-36(33,34)22-8-4-7-21(29-22)35-15-17-9-10-18(26)12-20(17)27;1-16-14-25(2,3)29(15-16)22-19(10-11-20(27-22)17-7-5-8-18(13-17)34-4)23(30)28-35(32,33)21-9-6-12-26-24(21)31;1-4-34-17-13-15(12-16(25)14-17)19-9-8-18(22(27-19)30-11-10-24(30,2)3)23(31)29-35(32,33)21-7-5-6-20(26)28-21/h8-16,19H,17-18H2,1-7H3,(H,32,34);4-12,16H,13-15H2,1-3H3,(H,30,32);5-13,16H,14-15H2,1-4H3,(H,26,31)(H,28,30);5-9,12-14H,4,10-11H2,1-3H3,(H2,26,28)(H,29,31)/t;;16-;/m..0./s1. The SMILES string of the molecule is CC1CN(c2ncccc2C(=O)NS(=O)(=O)c2cccc(OCc3ccc(Cl)cc3Cl)n2)C(C)(C)C1.CCOc1cc(F)cc(-c2ccc(C(=O)NS(=O)(=O)c3cccc(N)n3)c(N3CCC3(C)C)n2)c1.COc1cccc(-c2ccc(C(=O)NS(=O)(=O)c3ccc[nH]c3=O)c(N3C[C@@H](C)CC3(C)C)n2)c1.Cc1ccc(C(=O)NS(=O)(=O)c2cccc(Oc3cccc(C(C)(C)C)c3)n2)c(N2CC(C)CC2(C)C)n1. The van der Waals surface area contributed by atoms with Gasteiger partial charge in [0.25, 0.3) is 69.3 Å². The molecule has 4 aromatic carbocycles. The lowest BCUT2D eigenvalue weighted by molar-refractivity contribution is 0.0971. The molecular weight excluding hydrogens is 1970 g/mol. The van der Waals surface area contributed by atoms with Crippen molar-refractivity contribution in [1.82, 2.24) is 58.8 Å². The van der Waals surface area contributed by atoms with E-state index in [1.807, 2.05) is 87.4 Å². The molecule has 4 saturated heterocycles. The number of aryl methyl sites for hydroxylation is 1. The molecule has 144 heavy (non-hydrogen) atoms. The summed E-state index contributed by atoms with van der Waals surface area (Å²) in [4.78, 5) is 105. The molecular formula is C103H116Cl2FN17O17S4. The summed E-state index contributed by atoms with van der Waals surface area (Å²) in [6.45, 7) is 36.0. The number of nitrogen functional groups attached to an aromatic ring is 1. The third-order valence-corrected chi connectivity index (χ3v) is 30.2. The van der Waals surface area contributed by atoms with Gasteiger partial charge < -0.3 is 49.3 Å². The number of nitrogens with two attached hydrogens (primary N) is 1. The largest absolute Gasteiger partial charge is 0.497 e. The monoisotopic (exact) mass is 2080 g/mol. The van der Waals surface area contributed by atoms with Crippen LogP contribution in [0.2, 0.25) is 10.0 Å². The van der Waals surface area contributed by atoms with Crippen LogP contribution in [0.3, 0.4) is 0 Å². The second-order valence-electron chi connectivity index (χ2n) is 39.1. The summed E-state index contributed by atoms with van der Waals surface area (Å²) >= 11 is 12.1. The number of anilines is 5. The highest BCUT2D eigenvalue weighted by Gasteiger charge is 2.45. The molecule has 0 bridgehead atoms. The lowest BCUT2D eigenvalue weighted by atomic mass is 9.87. The van der Waals surface area contributed by atoms with Gasteiger partial charge in [-0.15, -0.1) is 0 Å². The first-order valence-corrected chi connectivity index (χ1v) is 52.9. The molecule has 0 spiro atoms. The summed E-state index contributed by atoms with van der Waals surface area (Å²) in [7, 11) is -15.7. The van der Waals surface area contributed by atoms with E-state index in [4.69, 9.17) is 52.9 Å². The molecule has 4 fully saturated rings. The van der Waals surface area contributed by atoms with Crippen LogP contribution in [0.4, 0.5) is 33.5 Å². The molecule has 12 aromatic rings. The Hall–Kier alpha value is -13.7. The lowest BCUT2D eigenvalue weighted by Gasteiger charge is -2.49. The van der Waals surface area contributed by atoms with Crippen molar-refractivity contribution in [3.63, 3.8) is 0 Å². The number of ether oxygens (including phenoxy) is 4. The number of pyridine rings is 8. The molecule has 0 saturated carbocycles. The van der Waals surface area contributed by atoms with Gasteiger partial charge in [-0.25, -0.2) is 56.6 Å². The van der Waals surface area contributed by atoms with Crippen molar-refractivity contribution in [3.8, 4) is 51.5 Å². The molecule has 8 aromatic heterocycles. The number of nitrogens with one attached hydrogen (secondary N) is 5. The second kappa shape index (κ2) is 43.4. The Morgan fingerprint density at radius 1 is 0.493 bits per heavy atom. The van der Waals surface area contributed by atoms with Gasteiger partial charge in [0.05, 0.1) is 47.4 Å². The Bertz CT molecular complexity index is 7420. The van der Waals surface area contributed by atoms with Crippen LogP contribution in [0.5, 0.6) is 29.0 Å². The van der Waals surface area contributed by atoms with Gasteiger partial charge in [0, 0.05) is 111 Å². The maximum atomic E-state index is 14.2. The minimum absolute atomic E-state index is 0.0101. The van der Waals surface area contributed by atoms with Gasteiger partial charge in [-0.1, -0.05) is 113 Å². The van der Waals surface area contributed by atoms with Crippen molar-refractivity contribution in [2.75, 3.05) is 65.2 Å². The first-order valence-electron chi connectivity index (χ1n) is 46.3. The Kier molecular flexibility index (Phi) is 32.4. The molecule has 4 aliphatic rings. The molecule has 2 unspecified atom stereocenters. The molecule has 760 valence electrons. The summed E-state index contributed by atoms with van der Waals surface area (Å²) in [6.07, 6.45) is 6.53. The van der Waals surface area contributed by atoms with Gasteiger partial charge in [0.15, 0.2) is 20.0 Å². The van der Waals surface area contributed by atoms with Crippen LogP contribution >= 0.6 is 23.2 Å². The number of methoxy groups -OCH3 is 1. The van der Waals surface area contributed by atoms with Crippen molar-refractivity contribution >= 4 is 116 Å². The number of halogens is 3. The fourth-order valence-corrected chi connectivity index (χ4v) is 22.0. The van der Waals surface area contributed by atoms with Crippen molar-refractivity contribution in [2.45, 2.75) is 191 Å². The van der Waals surface area contributed by atoms with E-state index in [9.17, 15) is 62.0 Å². The molecule has 41 heteroatoms. The van der Waals surface area contributed by atoms with Crippen molar-refractivity contribution in [3.05, 3.63) is 278 Å². The van der Waals surface area contributed by atoms with Crippen molar-refractivity contribution in [1.29, 1.82) is 0 Å². The van der Waals surface area contributed by atoms with E-state index >= 15 is 0 Å². The maximum absolute atomic E-state index is 14.2. The van der Waals surface area contributed by atoms with E-state index < -0.39 is 80.0 Å². The third kappa shape index (κ3) is 25.9. The average Bonchev–Trinajstić information content (AvgIpc) is 1.52. The number of carbonyl (C=O) groups is 4. The van der Waals surface area contributed by atoms with Gasteiger partial charge in [0.1, 0.15) is 58.8 Å². The molecule has 4 amide bonds. The number of nitrogens with zero attached hydrogens (tertiary/aromatic N) is 11. The van der Waals surface area contributed by atoms with Gasteiger partial charge in [-0.3, -0.25) is 24.0 Å². The van der Waals surface area contributed by atoms with Gasteiger partial charge >= 0.3 is 0 Å². The molecule has 0 radical (unpaired) electrons. The Morgan fingerprint density at radius 3 is 1.49 bits per heavy atom.